The minimum absolute atomic E-state index is 0.183. The highest BCUT2D eigenvalue weighted by atomic mass is 19.1. The minimum Gasteiger partial charge on any atom is -0.496 e. The van der Waals surface area contributed by atoms with E-state index in [1.807, 2.05) is 0 Å². The number of Topliss-reactive ketones (excluding diaryl/α,β-unsaturated/α-hetero) is 1. The maximum absolute atomic E-state index is 13.5. The van der Waals surface area contributed by atoms with Crippen molar-refractivity contribution in [2.75, 3.05) is 14.2 Å². The number of halogens is 1. The average molecular weight is 294 g/mol. The lowest BCUT2D eigenvalue weighted by molar-refractivity contribution is -0.0384. The third-order valence-electron chi connectivity index (χ3n) is 4.62. The Bertz CT molecular complexity index is 527. The Morgan fingerprint density at radius 2 is 1.76 bits per heavy atom. The molecular formula is C17H23FO3. The van der Waals surface area contributed by atoms with Crippen molar-refractivity contribution in [3.8, 4) is 5.75 Å². The van der Waals surface area contributed by atoms with Crippen molar-refractivity contribution >= 4 is 5.78 Å². The van der Waals surface area contributed by atoms with Crippen molar-refractivity contribution < 1.29 is 18.7 Å². The zero-order valence-electron chi connectivity index (χ0n) is 13.2. The number of methoxy groups -OCH3 is 2. The van der Waals surface area contributed by atoms with Gasteiger partial charge in [-0.2, -0.15) is 0 Å². The summed E-state index contributed by atoms with van der Waals surface area (Å²) in [6.07, 6.45) is 3.11. The lowest BCUT2D eigenvalue weighted by Crippen LogP contribution is -2.45. The molecule has 0 heterocycles. The number of benzene rings is 1. The largest absolute Gasteiger partial charge is 0.496 e. The van der Waals surface area contributed by atoms with Crippen molar-refractivity contribution in [3.05, 3.63) is 29.6 Å². The summed E-state index contributed by atoms with van der Waals surface area (Å²) in [6.45, 7) is 4.39. The van der Waals surface area contributed by atoms with E-state index < -0.39 is 11.4 Å². The smallest absolute Gasteiger partial charge is 0.198 e. The van der Waals surface area contributed by atoms with E-state index in [9.17, 15) is 9.18 Å². The van der Waals surface area contributed by atoms with Crippen LogP contribution in [0.25, 0.3) is 0 Å². The Labute approximate surface area is 125 Å². The second-order valence-corrected chi connectivity index (χ2v) is 6.54. The molecule has 0 aliphatic heterocycles. The average Bonchev–Trinajstić information content (AvgIpc) is 2.47. The summed E-state index contributed by atoms with van der Waals surface area (Å²) in [7, 11) is 3.04. The van der Waals surface area contributed by atoms with Gasteiger partial charge in [0.05, 0.1) is 12.7 Å². The molecule has 0 N–H and O–H groups in total. The standard InChI is InChI=1S/C17H23FO3/c1-16(2)7-9-17(21-4,10-8-16)15(19)13-11-12(18)5-6-14(13)20-3/h5-6,11H,7-10H2,1-4H3. The fraction of sp³-hybridized carbons (Fsp3) is 0.588. The van der Waals surface area contributed by atoms with Crippen LogP contribution in [0.3, 0.4) is 0 Å². The van der Waals surface area contributed by atoms with Crippen LogP contribution in [0.4, 0.5) is 4.39 Å². The predicted molar refractivity (Wildman–Crippen MR) is 79.3 cm³/mol. The summed E-state index contributed by atoms with van der Waals surface area (Å²) < 4.78 is 24.3. The first-order chi connectivity index (χ1) is 9.83. The zero-order valence-corrected chi connectivity index (χ0v) is 13.2. The van der Waals surface area contributed by atoms with Crippen molar-refractivity contribution in [3.63, 3.8) is 0 Å². The van der Waals surface area contributed by atoms with Gasteiger partial charge in [0, 0.05) is 7.11 Å². The molecule has 0 saturated heterocycles. The number of ether oxygens (including phenoxy) is 2. The lowest BCUT2D eigenvalue weighted by atomic mass is 9.68. The van der Waals surface area contributed by atoms with Gasteiger partial charge < -0.3 is 9.47 Å². The molecule has 3 nitrogen and oxygen atoms in total. The van der Waals surface area contributed by atoms with Gasteiger partial charge in [-0.05, 0) is 49.3 Å². The highest BCUT2D eigenvalue weighted by Crippen LogP contribution is 2.44. The van der Waals surface area contributed by atoms with Crippen LogP contribution in [0.15, 0.2) is 18.2 Å². The Morgan fingerprint density at radius 3 is 2.29 bits per heavy atom. The third-order valence-corrected chi connectivity index (χ3v) is 4.62. The van der Waals surface area contributed by atoms with Crippen molar-refractivity contribution in [2.24, 2.45) is 5.41 Å². The van der Waals surface area contributed by atoms with Crippen LogP contribution in [-0.2, 0) is 4.74 Å². The molecule has 21 heavy (non-hydrogen) atoms. The van der Waals surface area contributed by atoms with Crippen LogP contribution >= 0.6 is 0 Å². The van der Waals surface area contributed by atoms with Crippen LogP contribution in [0.2, 0.25) is 0 Å². The molecule has 1 aliphatic carbocycles. The summed E-state index contributed by atoms with van der Waals surface area (Å²) in [5.41, 5.74) is -0.385. The van der Waals surface area contributed by atoms with E-state index >= 15 is 0 Å². The SMILES string of the molecule is COc1ccc(F)cc1C(=O)C1(OC)CCC(C)(C)CC1. The van der Waals surface area contributed by atoms with Gasteiger partial charge in [0.1, 0.15) is 17.2 Å². The molecule has 0 spiro atoms. The monoisotopic (exact) mass is 294 g/mol. The molecule has 1 saturated carbocycles. The first-order valence-electron chi connectivity index (χ1n) is 7.27. The van der Waals surface area contributed by atoms with Gasteiger partial charge in [0.2, 0.25) is 0 Å². The van der Waals surface area contributed by atoms with Crippen LogP contribution in [-0.4, -0.2) is 25.6 Å². The second kappa shape index (κ2) is 5.76. The van der Waals surface area contributed by atoms with E-state index in [4.69, 9.17) is 9.47 Å². The highest BCUT2D eigenvalue weighted by molar-refractivity contribution is 6.04. The van der Waals surface area contributed by atoms with Crippen LogP contribution in [0.1, 0.15) is 49.9 Å². The topological polar surface area (TPSA) is 35.5 Å². The van der Waals surface area contributed by atoms with Crippen molar-refractivity contribution in [2.45, 2.75) is 45.1 Å². The van der Waals surface area contributed by atoms with Gasteiger partial charge >= 0.3 is 0 Å². The van der Waals surface area contributed by atoms with Gasteiger partial charge in [-0.25, -0.2) is 4.39 Å². The lowest BCUT2D eigenvalue weighted by Gasteiger charge is -2.41. The summed E-state index contributed by atoms with van der Waals surface area (Å²) in [5, 5.41) is 0. The fourth-order valence-corrected chi connectivity index (χ4v) is 2.96. The number of hydrogen-bond acceptors (Lipinski definition) is 3. The Morgan fingerprint density at radius 1 is 1.14 bits per heavy atom. The maximum atomic E-state index is 13.5. The molecule has 0 aromatic heterocycles. The quantitative estimate of drug-likeness (QED) is 0.787. The molecule has 1 aromatic rings. The Balaban J connectivity index is 2.35. The summed E-state index contributed by atoms with van der Waals surface area (Å²) in [4.78, 5) is 12.9. The van der Waals surface area contributed by atoms with Gasteiger partial charge in [0.25, 0.3) is 0 Å². The molecule has 116 valence electrons. The first kappa shape index (κ1) is 16.0. The minimum atomic E-state index is -0.864. The molecule has 0 bridgehead atoms. The highest BCUT2D eigenvalue weighted by Gasteiger charge is 2.45. The van der Waals surface area contributed by atoms with E-state index in [0.29, 0.717) is 18.6 Å². The van der Waals surface area contributed by atoms with E-state index in [0.717, 1.165) is 12.8 Å². The molecule has 0 amide bonds. The van der Waals surface area contributed by atoms with Crippen LogP contribution in [0.5, 0.6) is 5.75 Å². The van der Waals surface area contributed by atoms with E-state index in [1.165, 1.54) is 25.3 Å². The predicted octanol–water partition coefficient (Wildman–Crippen LogP) is 4.00. The molecule has 1 aromatic carbocycles. The van der Waals surface area contributed by atoms with Gasteiger partial charge in [0.15, 0.2) is 5.78 Å². The van der Waals surface area contributed by atoms with Crippen molar-refractivity contribution in [1.29, 1.82) is 0 Å². The van der Waals surface area contributed by atoms with Crippen molar-refractivity contribution in [1.82, 2.24) is 0 Å². The fourth-order valence-electron chi connectivity index (χ4n) is 2.96. The Hall–Kier alpha value is -1.42. The molecule has 4 heteroatoms. The van der Waals surface area contributed by atoms with Crippen LogP contribution in [0, 0.1) is 11.2 Å². The summed E-state index contributed by atoms with van der Waals surface area (Å²) >= 11 is 0. The van der Waals surface area contributed by atoms with E-state index in [2.05, 4.69) is 13.8 Å². The van der Waals surface area contributed by atoms with E-state index in [-0.39, 0.29) is 16.8 Å². The Kier molecular flexibility index (Phi) is 4.38. The summed E-state index contributed by atoms with van der Waals surface area (Å²) in [5.74, 6) is -0.235. The van der Waals surface area contributed by atoms with Gasteiger partial charge in [-0.1, -0.05) is 13.8 Å². The molecule has 1 fully saturated rings. The van der Waals surface area contributed by atoms with Gasteiger partial charge in [-0.15, -0.1) is 0 Å². The number of hydrogen-bond donors (Lipinski definition) is 0. The third kappa shape index (κ3) is 3.10. The number of carbonyl (C=O) groups excluding carboxylic acids is 1. The van der Waals surface area contributed by atoms with Crippen LogP contribution < -0.4 is 4.74 Å². The number of ketones is 1. The number of rotatable bonds is 4. The summed E-state index contributed by atoms with van der Waals surface area (Å²) in [6, 6.07) is 4.01. The van der Waals surface area contributed by atoms with E-state index in [1.54, 1.807) is 7.11 Å². The second-order valence-electron chi connectivity index (χ2n) is 6.54. The normalized spacial score (nSPS) is 20.0. The molecule has 1 aliphatic rings. The molecular weight excluding hydrogens is 271 g/mol. The number of carbonyl (C=O) groups is 1. The molecule has 2 rings (SSSR count). The first-order valence-corrected chi connectivity index (χ1v) is 7.27. The molecule has 0 atom stereocenters. The van der Waals surface area contributed by atoms with Gasteiger partial charge in [-0.3, -0.25) is 4.79 Å². The molecule has 0 radical (unpaired) electrons. The maximum Gasteiger partial charge on any atom is 0.198 e. The zero-order chi connectivity index (χ0) is 15.7. The molecule has 0 unspecified atom stereocenters.